The second kappa shape index (κ2) is 9.06. The van der Waals surface area contributed by atoms with Crippen LogP contribution in [0, 0.1) is 0 Å². The van der Waals surface area contributed by atoms with Gasteiger partial charge in [0.25, 0.3) is 0 Å². The fourth-order valence-corrected chi connectivity index (χ4v) is 2.24. The van der Waals surface area contributed by atoms with Crippen LogP contribution in [0.5, 0.6) is 5.75 Å². The Bertz CT molecular complexity index is 664. The van der Waals surface area contributed by atoms with Crippen molar-refractivity contribution >= 4 is 23.6 Å². The summed E-state index contributed by atoms with van der Waals surface area (Å²) in [5.41, 5.74) is 5.70. The summed E-state index contributed by atoms with van der Waals surface area (Å²) < 4.78 is 10.8. The third-order valence-corrected chi connectivity index (χ3v) is 3.48. The maximum absolute atomic E-state index is 11.1. The number of hydrogen-bond acceptors (Lipinski definition) is 3. The first-order valence-corrected chi connectivity index (χ1v) is 7.97. The molecule has 0 bridgehead atoms. The van der Waals surface area contributed by atoms with Crippen LogP contribution in [0.15, 0.2) is 46.9 Å². The van der Waals surface area contributed by atoms with Crippen LogP contribution in [-0.4, -0.2) is 12.5 Å². The number of hydrogen-bond donors (Lipinski definition) is 1. The molecule has 2 aromatic rings. The van der Waals surface area contributed by atoms with Gasteiger partial charge in [-0.3, -0.25) is 4.79 Å². The molecule has 0 unspecified atom stereocenters. The number of primary amides is 1. The van der Waals surface area contributed by atoms with E-state index in [1.807, 2.05) is 18.2 Å². The van der Waals surface area contributed by atoms with Gasteiger partial charge in [-0.15, -0.1) is 0 Å². The van der Waals surface area contributed by atoms with Gasteiger partial charge < -0.3 is 14.9 Å². The molecule has 1 heterocycles. The smallest absolute Gasteiger partial charge is 0.248 e. The Morgan fingerprint density at radius 2 is 2.09 bits per heavy atom. The van der Waals surface area contributed by atoms with Crippen molar-refractivity contribution in [3.05, 3.63) is 59.0 Å². The number of carbonyl (C=O) groups is 1. The largest absolute Gasteiger partial charge is 0.494 e. The molecule has 0 atom stereocenters. The van der Waals surface area contributed by atoms with E-state index in [9.17, 15) is 4.79 Å². The van der Waals surface area contributed by atoms with Crippen LogP contribution < -0.4 is 10.5 Å². The third-order valence-electron chi connectivity index (χ3n) is 3.28. The number of rotatable bonds is 9. The van der Waals surface area contributed by atoms with Gasteiger partial charge in [-0.2, -0.15) is 0 Å². The third kappa shape index (κ3) is 6.20. The predicted octanol–water partition coefficient (Wildman–Crippen LogP) is 4.68. The molecular formula is C18H20ClNO3. The average Bonchev–Trinajstić information content (AvgIpc) is 2.95. The Balaban J connectivity index is 1.58. The van der Waals surface area contributed by atoms with Crippen molar-refractivity contribution in [2.75, 3.05) is 6.61 Å². The molecule has 0 fully saturated rings. The zero-order valence-electron chi connectivity index (χ0n) is 12.8. The summed E-state index contributed by atoms with van der Waals surface area (Å²) in [6.45, 7) is 0.625. The quantitative estimate of drug-likeness (QED) is 0.677. The highest BCUT2D eigenvalue weighted by molar-refractivity contribution is 6.28. The Kier molecular flexibility index (Phi) is 6.76. The number of benzene rings is 1. The Morgan fingerprint density at radius 3 is 2.83 bits per heavy atom. The van der Waals surface area contributed by atoms with E-state index in [0.717, 1.165) is 31.4 Å². The first-order chi connectivity index (χ1) is 11.1. The van der Waals surface area contributed by atoms with Crippen LogP contribution in [-0.2, 0) is 0 Å². The van der Waals surface area contributed by atoms with Crippen molar-refractivity contribution < 1.29 is 13.9 Å². The predicted molar refractivity (Wildman–Crippen MR) is 91.7 cm³/mol. The summed E-state index contributed by atoms with van der Waals surface area (Å²) in [6, 6.07) is 10.5. The summed E-state index contributed by atoms with van der Waals surface area (Å²) in [5.74, 6) is 1.00. The van der Waals surface area contributed by atoms with Gasteiger partial charge in [0.05, 0.1) is 6.61 Å². The SMILES string of the molecule is NC(=O)c1cccc(OCCCCC/C=C\c2ccc(Cl)o2)c1. The summed E-state index contributed by atoms with van der Waals surface area (Å²) >= 11 is 5.70. The lowest BCUT2D eigenvalue weighted by Gasteiger charge is -2.06. The molecule has 0 aliphatic heterocycles. The van der Waals surface area contributed by atoms with Crippen molar-refractivity contribution in [2.24, 2.45) is 5.73 Å². The summed E-state index contributed by atoms with van der Waals surface area (Å²) in [7, 11) is 0. The zero-order chi connectivity index (χ0) is 16.5. The molecule has 0 aliphatic carbocycles. The molecule has 2 rings (SSSR count). The molecule has 122 valence electrons. The van der Waals surface area contributed by atoms with Gasteiger partial charge in [-0.1, -0.05) is 12.1 Å². The molecule has 5 heteroatoms. The van der Waals surface area contributed by atoms with E-state index in [-0.39, 0.29) is 0 Å². The number of allylic oxidation sites excluding steroid dienone is 1. The van der Waals surface area contributed by atoms with Crippen LogP contribution in [0.25, 0.3) is 6.08 Å². The average molecular weight is 334 g/mol. The van der Waals surface area contributed by atoms with E-state index in [2.05, 4.69) is 6.08 Å². The number of carbonyl (C=O) groups excluding carboxylic acids is 1. The molecule has 23 heavy (non-hydrogen) atoms. The molecule has 0 radical (unpaired) electrons. The topological polar surface area (TPSA) is 65.5 Å². The van der Waals surface area contributed by atoms with Crippen LogP contribution >= 0.6 is 11.6 Å². The highest BCUT2D eigenvalue weighted by atomic mass is 35.5. The molecule has 0 saturated heterocycles. The van der Waals surface area contributed by atoms with Gasteiger partial charge in [0, 0.05) is 5.56 Å². The van der Waals surface area contributed by atoms with E-state index in [4.69, 9.17) is 26.5 Å². The fraction of sp³-hybridized carbons (Fsp3) is 0.278. The van der Waals surface area contributed by atoms with Gasteiger partial charge in [-0.25, -0.2) is 0 Å². The minimum Gasteiger partial charge on any atom is -0.494 e. The molecule has 4 nitrogen and oxygen atoms in total. The minimum absolute atomic E-state index is 0.405. The number of halogens is 1. The number of furan rings is 1. The van der Waals surface area contributed by atoms with E-state index >= 15 is 0 Å². The van der Waals surface area contributed by atoms with Crippen molar-refractivity contribution in [3.63, 3.8) is 0 Å². The first-order valence-electron chi connectivity index (χ1n) is 7.60. The lowest BCUT2D eigenvalue weighted by atomic mass is 10.2. The van der Waals surface area contributed by atoms with Crippen molar-refractivity contribution in [1.82, 2.24) is 0 Å². The van der Waals surface area contributed by atoms with Crippen LogP contribution in [0.2, 0.25) is 5.22 Å². The molecule has 0 saturated carbocycles. The van der Waals surface area contributed by atoms with Crippen molar-refractivity contribution in [2.45, 2.75) is 25.7 Å². The molecule has 1 aromatic carbocycles. The van der Waals surface area contributed by atoms with E-state index in [1.165, 1.54) is 0 Å². The fourth-order valence-electron chi connectivity index (χ4n) is 2.09. The Morgan fingerprint density at radius 1 is 1.22 bits per heavy atom. The number of amides is 1. The van der Waals surface area contributed by atoms with E-state index in [1.54, 1.807) is 24.3 Å². The zero-order valence-corrected chi connectivity index (χ0v) is 13.6. The molecule has 0 aliphatic rings. The van der Waals surface area contributed by atoms with E-state index < -0.39 is 5.91 Å². The molecule has 2 N–H and O–H groups in total. The van der Waals surface area contributed by atoms with E-state index in [0.29, 0.717) is 23.1 Å². The minimum atomic E-state index is -0.444. The highest BCUT2D eigenvalue weighted by Gasteiger charge is 2.01. The summed E-state index contributed by atoms with van der Waals surface area (Å²) in [5, 5.41) is 0.405. The van der Waals surface area contributed by atoms with Crippen molar-refractivity contribution in [1.29, 1.82) is 0 Å². The highest BCUT2D eigenvalue weighted by Crippen LogP contribution is 2.15. The van der Waals surface area contributed by atoms with Crippen molar-refractivity contribution in [3.8, 4) is 5.75 Å². The standard InChI is InChI=1S/C18H20ClNO3/c19-17-11-10-15(23-17)8-4-2-1-3-5-12-22-16-9-6-7-14(13-16)18(20)21/h4,6-11,13H,1-3,5,12H2,(H2,20,21)/b8-4-. The second-order valence-electron chi connectivity index (χ2n) is 5.13. The molecule has 0 spiro atoms. The normalized spacial score (nSPS) is 11.0. The van der Waals surface area contributed by atoms with Gasteiger partial charge >= 0.3 is 0 Å². The first kappa shape index (κ1) is 17.2. The molecular weight excluding hydrogens is 314 g/mol. The van der Waals surface area contributed by atoms with Gasteiger partial charge in [-0.05, 0) is 73.7 Å². The Labute approximate surface area is 140 Å². The van der Waals surface area contributed by atoms with Gasteiger partial charge in [0.15, 0.2) is 5.22 Å². The Hall–Kier alpha value is -2.20. The summed E-state index contributed by atoms with van der Waals surface area (Å²) in [6.07, 6.45) is 8.09. The monoisotopic (exact) mass is 333 g/mol. The summed E-state index contributed by atoms with van der Waals surface area (Å²) in [4.78, 5) is 11.1. The van der Waals surface area contributed by atoms with Gasteiger partial charge in [0.1, 0.15) is 11.5 Å². The maximum Gasteiger partial charge on any atom is 0.248 e. The molecule has 1 aromatic heterocycles. The van der Waals surface area contributed by atoms with Crippen LogP contribution in [0.4, 0.5) is 0 Å². The lowest BCUT2D eigenvalue weighted by Crippen LogP contribution is -2.10. The number of unbranched alkanes of at least 4 members (excludes halogenated alkanes) is 3. The van der Waals surface area contributed by atoms with Crippen LogP contribution in [0.3, 0.4) is 0 Å². The lowest BCUT2D eigenvalue weighted by molar-refractivity contribution is 0.1000. The maximum atomic E-state index is 11.1. The second-order valence-corrected chi connectivity index (χ2v) is 5.51. The van der Waals surface area contributed by atoms with Crippen LogP contribution in [0.1, 0.15) is 41.8 Å². The number of ether oxygens (including phenoxy) is 1. The van der Waals surface area contributed by atoms with Gasteiger partial charge in [0.2, 0.25) is 5.91 Å². The molecule has 1 amide bonds. The number of nitrogens with two attached hydrogens (primary N) is 1.